The van der Waals surface area contributed by atoms with Gasteiger partial charge < -0.3 is 5.73 Å². The van der Waals surface area contributed by atoms with E-state index < -0.39 is 0 Å². The number of aryl methyl sites for hydroxylation is 1. The zero-order valence-corrected chi connectivity index (χ0v) is 10.8. The Labute approximate surface area is 110 Å². The molecule has 1 unspecified atom stereocenters. The van der Waals surface area contributed by atoms with Crippen LogP contribution in [-0.4, -0.2) is 11.5 Å². The maximum absolute atomic E-state index is 12.9. The molecule has 0 saturated carbocycles. The molecular weight excluding hydrogens is 247 g/mol. The Morgan fingerprint density at radius 1 is 1.33 bits per heavy atom. The van der Waals surface area contributed by atoms with Crippen LogP contribution >= 0.6 is 11.3 Å². The lowest BCUT2D eigenvalue weighted by atomic mass is 9.91. The average Bonchev–Trinajstić information content (AvgIpc) is 2.82. The van der Waals surface area contributed by atoms with Crippen LogP contribution in [-0.2, 0) is 12.8 Å². The molecule has 1 aromatic heterocycles. The van der Waals surface area contributed by atoms with E-state index in [2.05, 4.69) is 4.98 Å². The van der Waals surface area contributed by atoms with Gasteiger partial charge in [-0.3, -0.25) is 0 Å². The molecule has 1 aromatic carbocycles. The smallest absolute Gasteiger partial charge is 0.123 e. The van der Waals surface area contributed by atoms with Crippen molar-refractivity contribution in [3.05, 3.63) is 40.7 Å². The predicted molar refractivity (Wildman–Crippen MR) is 72.1 cm³/mol. The van der Waals surface area contributed by atoms with E-state index in [0.717, 1.165) is 36.4 Å². The van der Waals surface area contributed by atoms with E-state index in [1.807, 2.05) is 0 Å². The van der Waals surface area contributed by atoms with E-state index in [4.69, 9.17) is 5.73 Å². The fourth-order valence-electron chi connectivity index (χ4n) is 2.36. The molecule has 94 valence electrons. The van der Waals surface area contributed by atoms with Crippen LogP contribution in [0.2, 0.25) is 0 Å². The molecule has 1 heterocycles. The van der Waals surface area contributed by atoms with Crippen molar-refractivity contribution in [3.8, 4) is 10.6 Å². The van der Waals surface area contributed by atoms with Crippen molar-refractivity contribution in [3.63, 3.8) is 0 Å². The van der Waals surface area contributed by atoms with Crippen LogP contribution in [0.1, 0.15) is 17.0 Å². The van der Waals surface area contributed by atoms with E-state index in [1.54, 1.807) is 23.5 Å². The van der Waals surface area contributed by atoms with Crippen molar-refractivity contribution < 1.29 is 4.39 Å². The Balaban J connectivity index is 1.91. The minimum atomic E-state index is -0.205. The molecule has 0 fully saturated rings. The minimum absolute atomic E-state index is 0.205. The quantitative estimate of drug-likeness (QED) is 0.903. The summed E-state index contributed by atoms with van der Waals surface area (Å²) < 4.78 is 12.9. The fourth-order valence-corrected chi connectivity index (χ4v) is 3.59. The van der Waals surface area contributed by atoms with Gasteiger partial charge in [0, 0.05) is 10.4 Å². The molecule has 1 atom stereocenters. The fraction of sp³-hybridized carbons (Fsp3) is 0.357. The third-order valence-electron chi connectivity index (χ3n) is 3.47. The van der Waals surface area contributed by atoms with Gasteiger partial charge in [-0.2, -0.15) is 0 Å². The summed E-state index contributed by atoms with van der Waals surface area (Å²) in [5, 5.41) is 0.998. The Morgan fingerprint density at radius 2 is 2.11 bits per heavy atom. The molecule has 2 N–H and O–H groups in total. The number of aromatic nitrogens is 1. The maximum Gasteiger partial charge on any atom is 0.123 e. The Kier molecular flexibility index (Phi) is 3.14. The van der Waals surface area contributed by atoms with E-state index in [9.17, 15) is 4.39 Å². The van der Waals surface area contributed by atoms with Crippen LogP contribution in [0.4, 0.5) is 4.39 Å². The van der Waals surface area contributed by atoms with Crippen LogP contribution in [0, 0.1) is 11.7 Å². The van der Waals surface area contributed by atoms with E-state index in [1.165, 1.54) is 22.7 Å². The Hall–Kier alpha value is -1.26. The SMILES string of the molecule is NCC1CCc2nc(-c3ccc(F)cc3)sc2C1. The minimum Gasteiger partial charge on any atom is -0.330 e. The summed E-state index contributed by atoms with van der Waals surface area (Å²) in [5.74, 6) is 0.391. The molecular formula is C14H15FN2S. The number of hydrogen-bond donors (Lipinski definition) is 1. The highest BCUT2D eigenvalue weighted by molar-refractivity contribution is 7.15. The van der Waals surface area contributed by atoms with Gasteiger partial charge in [-0.05, 0) is 56.0 Å². The van der Waals surface area contributed by atoms with Gasteiger partial charge in [0.1, 0.15) is 10.8 Å². The summed E-state index contributed by atoms with van der Waals surface area (Å²) in [6.07, 6.45) is 3.20. The standard InChI is InChI=1S/C14H15FN2S/c15-11-4-2-10(3-5-11)14-17-12-6-1-9(8-16)7-13(12)18-14/h2-5,9H,1,6-8,16H2. The second-order valence-corrected chi connectivity index (χ2v) is 5.82. The van der Waals surface area contributed by atoms with Gasteiger partial charge in [-0.15, -0.1) is 11.3 Å². The number of thiazole rings is 1. The Morgan fingerprint density at radius 3 is 2.83 bits per heavy atom. The summed E-state index contributed by atoms with van der Waals surface area (Å²) in [6.45, 7) is 0.753. The normalized spacial score (nSPS) is 18.7. The van der Waals surface area contributed by atoms with E-state index >= 15 is 0 Å². The van der Waals surface area contributed by atoms with Crippen molar-refractivity contribution in [2.75, 3.05) is 6.54 Å². The number of hydrogen-bond acceptors (Lipinski definition) is 3. The topological polar surface area (TPSA) is 38.9 Å². The molecule has 2 aromatic rings. The summed E-state index contributed by atoms with van der Waals surface area (Å²) in [7, 11) is 0. The van der Waals surface area contributed by atoms with E-state index in [0.29, 0.717) is 5.92 Å². The van der Waals surface area contributed by atoms with Crippen LogP contribution in [0.15, 0.2) is 24.3 Å². The molecule has 18 heavy (non-hydrogen) atoms. The molecule has 1 aliphatic rings. The molecule has 0 saturated heterocycles. The second-order valence-electron chi connectivity index (χ2n) is 4.74. The predicted octanol–water partition coefficient (Wildman–Crippen LogP) is 3.01. The first-order chi connectivity index (χ1) is 8.76. The number of rotatable bonds is 2. The van der Waals surface area contributed by atoms with Crippen molar-refractivity contribution in [2.24, 2.45) is 11.7 Å². The van der Waals surface area contributed by atoms with Crippen LogP contribution < -0.4 is 5.73 Å². The third-order valence-corrected chi connectivity index (χ3v) is 4.64. The lowest BCUT2D eigenvalue weighted by Crippen LogP contribution is -2.21. The van der Waals surface area contributed by atoms with Crippen molar-refractivity contribution in [2.45, 2.75) is 19.3 Å². The van der Waals surface area contributed by atoms with Crippen LogP contribution in [0.3, 0.4) is 0 Å². The van der Waals surface area contributed by atoms with Gasteiger partial charge in [0.15, 0.2) is 0 Å². The molecule has 0 radical (unpaired) electrons. The average molecular weight is 262 g/mol. The van der Waals surface area contributed by atoms with Crippen molar-refractivity contribution in [1.29, 1.82) is 0 Å². The summed E-state index contributed by atoms with van der Waals surface area (Å²) in [4.78, 5) is 6.03. The highest BCUT2D eigenvalue weighted by Crippen LogP contribution is 2.34. The van der Waals surface area contributed by atoms with Crippen LogP contribution in [0.25, 0.3) is 10.6 Å². The number of fused-ring (bicyclic) bond motifs is 1. The molecule has 3 rings (SSSR count). The maximum atomic E-state index is 12.9. The molecule has 1 aliphatic carbocycles. The van der Waals surface area contributed by atoms with Crippen LogP contribution in [0.5, 0.6) is 0 Å². The van der Waals surface area contributed by atoms with Gasteiger partial charge in [-0.1, -0.05) is 0 Å². The zero-order valence-electron chi connectivity index (χ0n) is 10.0. The van der Waals surface area contributed by atoms with Gasteiger partial charge >= 0.3 is 0 Å². The third kappa shape index (κ3) is 2.18. The largest absolute Gasteiger partial charge is 0.330 e. The van der Waals surface area contributed by atoms with Gasteiger partial charge in [0.25, 0.3) is 0 Å². The first-order valence-electron chi connectivity index (χ1n) is 6.21. The molecule has 4 heteroatoms. The van der Waals surface area contributed by atoms with Crippen molar-refractivity contribution >= 4 is 11.3 Å². The first kappa shape index (κ1) is 11.8. The zero-order chi connectivity index (χ0) is 12.5. The lowest BCUT2D eigenvalue weighted by Gasteiger charge is -2.18. The highest BCUT2D eigenvalue weighted by Gasteiger charge is 2.21. The summed E-state index contributed by atoms with van der Waals surface area (Å²) >= 11 is 1.72. The number of halogens is 1. The molecule has 0 amide bonds. The summed E-state index contributed by atoms with van der Waals surface area (Å²) in [5.41, 5.74) is 7.95. The summed E-state index contributed by atoms with van der Waals surface area (Å²) in [6, 6.07) is 6.55. The monoisotopic (exact) mass is 262 g/mol. The first-order valence-corrected chi connectivity index (χ1v) is 7.02. The highest BCUT2D eigenvalue weighted by atomic mass is 32.1. The second kappa shape index (κ2) is 4.78. The van der Waals surface area contributed by atoms with Gasteiger partial charge in [-0.25, -0.2) is 9.37 Å². The molecule has 0 bridgehead atoms. The van der Waals surface area contributed by atoms with Gasteiger partial charge in [0.05, 0.1) is 5.69 Å². The Bertz CT molecular complexity index is 547. The van der Waals surface area contributed by atoms with Crippen molar-refractivity contribution in [1.82, 2.24) is 4.98 Å². The number of nitrogens with two attached hydrogens (primary N) is 1. The van der Waals surface area contributed by atoms with Gasteiger partial charge in [0.2, 0.25) is 0 Å². The molecule has 0 aliphatic heterocycles. The molecule has 2 nitrogen and oxygen atoms in total. The number of benzene rings is 1. The lowest BCUT2D eigenvalue weighted by molar-refractivity contribution is 0.470. The van der Waals surface area contributed by atoms with E-state index in [-0.39, 0.29) is 5.82 Å². The molecule has 0 spiro atoms. The number of nitrogens with zero attached hydrogens (tertiary/aromatic N) is 1.